The van der Waals surface area contributed by atoms with Crippen molar-refractivity contribution in [3.05, 3.63) is 95.3 Å². The number of rotatable bonds is 20. The maximum Gasteiger partial charge on any atom is 0.410 e. The largest absolute Gasteiger partial charge is 0.460 e. The third-order valence-electron chi connectivity index (χ3n) is 17.5. The van der Waals surface area contributed by atoms with Gasteiger partial charge in [-0.1, -0.05) is 116 Å². The van der Waals surface area contributed by atoms with Gasteiger partial charge in [0.1, 0.15) is 29.6 Å². The van der Waals surface area contributed by atoms with Gasteiger partial charge >= 0.3 is 12.1 Å². The number of benzene rings is 2. The van der Waals surface area contributed by atoms with Crippen LogP contribution in [0.15, 0.2) is 72.5 Å². The number of ether oxygens (including phenoxy) is 3. The molecular weight excluding hydrogens is 1030 g/mol. The van der Waals surface area contributed by atoms with E-state index in [0.29, 0.717) is 38.6 Å². The molecule has 8 rings (SSSR count). The van der Waals surface area contributed by atoms with Gasteiger partial charge in [-0.05, 0) is 158 Å². The van der Waals surface area contributed by atoms with Crippen LogP contribution < -0.4 is 0 Å². The molecule has 4 aliphatic rings. The number of allylic oxidation sites excluding steroid dienone is 5. The topological polar surface area (TPSA) is 124 Å². The Bertz CT molecular complexity index is 2880. The van der Waals surface area contributed by atoms with E-state index in [1.54, 1.807) is 0 Å². The van der Waals surface area contributed by atoms with Gasteiger partial charge in [-0.15, -0.1) is 0 Å². The van der Waals surface area contributed by atoms with Crippen molar-refractivity contribution in [2.24, 2.45) is 17.3 Å². The lowest BCUT2D eigenvalue weighted by Gasteiger charge is -2.35. The summed E-state index contributed by atoms with van der Waals surface area (Å²) in [5.41, 5.74) is 5.94. The van der Waals surface area contributed by atoms with E-state index >= 15 is 0 Å². The predicted octanol–water partition coefficient (Wildman–Crippen LogP) is 16.6. The lowest BCUT2D eigenvalue weighted by Crippen LogP contribution is -2.37. The van der Waals surface area contributed by atoms with Crippen LogP contribution in [0.4, 0.5) is 4.79 Å². The number of carbonyl (C=O) groups excluding carboxylic acids is 2. The SMILES string of the molecule is CCCC(C)C1(C)C=CC=C(N2C(c3ccc4c(c3)nc(C3CCCN3C(=O)OC(C)(C)C)n4CCCC[Si](C)(C)C)CC(O)C2c2ccc3c(c2)nc(C2CCCC(CC(=O)OC(C)(C)C)CC2)n3COCC[Si](C)(C)C)C=C1. The van der Waals surface area contributed by atoms with Crippen LogP contribution in [-0.2, 0) is 32.3 Å². The molecule has 4 aromatic rings. The molecule has 440 valence electrons. The van der Waals surface area contributed by atoms with Crippen LogP contribution >= 0.6 is 0 Å². The lowest BCUT2D eigenvalue weighted by molar-refractivity contribution is -0.156. The number of unbranched alkanes of at least 4 members (excludes halogenated alkanes) is 1. The summed E-state index contributed by atoms with van der Waals surface area (Å²) in [7, 11) is -2.54. The van der Waals surface area contributed by atoms with Gasteiger partial charge in [0.2, 0.25) is 0 Å². The van der Waals surface area contributed by atoms with Gasteiger partial charge in [-0.3, -0.25) is 9.69 Å². The number of hydrogen-bond acceptors (Lipinski definition) is 9. The van der Waals surface area contributed by atoms with Crippen molar-refractivity contribution in [2.45, 2.75) is 252 Å². The van der Waals surface area contributed by atoms with Crippen molar-refractivity contribution in [3.8, 4) is 0 Å². The minimum absolute atomic E-state index is 0.107. The van der Waals surface area contributed by atoms with E-state index in [-0.39, 0.29) is 47.4 Å². The highest BCUT2D eigenvalue weighted by Crippen LogP contribution is 2.50. The summed E-state index contributed by atoms with van der Waals surface area (Å²) in [5.74, 6) is 2.85. The molecule has 4 heterocycles. The van der Waals surface area contributed by atoms with Crippen molar-refractivity contribution >= 4 is 50.3 Å². The quantitative estimate of drug-likeness (QED) is 0.0399. The smallest absolute Gasteiger partial charge is 0.410 e. The Hall–Kier alpha value is -4.51. The van der Waals surface area contributed by atoms with Crippen LogP contribution in [-0.4, -0.2) is 92.7 Å². The van der Waals surface area contributed by atoms with Crippen LogP contribution in [0.3, 0.4) is 0 Å². The number of imidazole rings is 2. The number of aliphatic hydroxyl groups is 1. The highest BCUT2D eigenvalue weighted by molar-refractivity contribution is 6.76. The first kappa shape index (κ1) is 61.6. The monoisotopic (exact) mass is 1130 g/mol. The Morgan fingerprint density at radius 1 is 0.787 bits per heavy atom. The first-order valence-corrected chi connectivity index (χ1v) is 38.4. The summed E-state index contributed by atoms with van der Waals surface area (Å²) in [5, 5.41) is 12.7. The molecule has 3 fully saturated rings. The molecule has 8 unspecified atom stereocenters. The van der Waals surface area contributed by atoms with Crippen molar-refractivity contribution < 1.29 is 28.9 Å². The van der Waals surface area contributed by atoms with Gasteiger partial charge in [-0.2, -0.15) is 0 Å². The molecular formula is C66H102N6O6Si2. The maximum atomic E-state index is 13.8. The Morgan fingerprint density at radius 2 is 1.46 bits per heavy atom. The Labute approximate surface area is 483 Å². The van der Waals surface area contributed by atoms with Gasteiger partial charge in [-0.25, -0.2) is 14.8 Å². The fraction of sp³-hybridized carbons (Fsp3) is 0.667. The van der Waals surface area contributed by atoms with E-state index in [2.05, 4.69) is 141 Å². The van der Waals surface area contributed by atoms with Crippen molar-refractivity contribution in [3.63, 3.8) is 0 Å². The van der Waals surface area contributed by atoms with Gasteiger partial charge in [0.25, 0.3) is 0 Å². The Balaban J connectivity index is 1.18. The molecule has 8 atom stereocenters. The van der Waals surface area contributed by atoms with Gasteiger partial charge < -0.3 is 33.4 Å². The second kappa shape index (κ2) is 25.1. The van der Waals surface area contributed by atoms with Gasteiger partial charge in [0.15, 0.2) is 0 Å². The van der Waals surface area contributed by atoms with Gasteiger partial charge in [0, 0.05) is 65.7 Å². The molecule has 0 spiro atoms. The molecule has 0 bridgehead atoms. The molecule has 14 heteroatoms. The number of nitrogens with zero attached hydrogens (tertiary/aromatic N) is 6. The molecule has 1 N–H and O–H groups in total. The van der Waals surface area contributed by atoms with Crippen LogP contribution in [0.1, 0.15) is 193 Å². The Kier molecular flexibility index (Phi) is 19.4. The number of carbonyl (C=O) groups is 2. The van der Waals surface area contributed by atoms with Crippen molar-refractivity contribution in [2.75, 3.05) is 13.2 Å². The number of hydrogen-bond donors (Lipinski definition) is 1. The second-order valence-electron chi connectivity index (χ2n) is 29.1. The standard InChI is InChI=1S/C66H102N6O6Si2/c1-16-22-46(2)66(9)34-20-25-51(33-35-66)72-57(49-29-31-54-52(42-49)68-62(69(54)36-17-18-39-79(10,11)12)56-26-21-37-70(56)63(75)78-65(6,7)8)44-58(73)60(72)50-30-32-55-53(43-50)67-61(71(55)45-76-38-40-80(13,14)15)48-24-19-23-47(27-28-48)41-59(74)77-64(3,4)5/h20,25,29-35,42-43,46-48,56-58,60,73H,16-19,21-24,26-28,36-41,44-45H2,1-15H3. The fourth-order valence-corrected chi connectivity index (χ4v) is 15.1. The Morgan fingerprint density at radius 3 is 2.15 bits per heavy atom. The molecule has 2 saturated heterocycles. The summed E-state index contributed by atoms with van der Waals surface area (Å²) in [6.07, 6.45) is 22.7. The van der Waals surface area contributed by atoms with E-state index in [1.807, 2.05) is 46.4 Å². The van der Waals surface area contributed by atoms with Gasteiger partial charge in [0.05, 0.1) is 46.3 Å². The zero-order valence-corrected chi connectivity index (χ0v) is 54.0. The zero-order chi connectivity index (χ0) is 58.0. The first-order valence-electron chi connectivity index (χ1n) is 30.9. The maximum absolute atomic E-state index is 13.8. The minimum Gasteiger partial charge on any atom is -0.460 e. The van der Waals surface area contributed by atoms with Crippen LogP contribution in [0.25, 0.3) is 22.1 Å². The number of esters is 1. The number of fused-ring (bicyclic) bond motifs is 2. The molecule has 1 saturated carbocycles. The van der Waals surface area contributed by atoms with Crippen LogP contribution in [0, 0.1) is 17.3 Å². The van der Waals surface area contributed by atoms with E-state index in [1.165, 1.54) is 6.04 Å². The number of aryl methyl sites for hydroxylation is 1. The molecule has 2 aromatic heterocycles. The number of amides is 1. The summed E-state index contributed by atoms with van der Waals surface area (Å²) in [4.78, 5) is 42.2. The molecule has 80 heavy (non-hydrogen) atoms. The number of aromatic nitrogens is 4. The molecule has 1 amide bonds. The number of likely N-dealkylation sites (tertiary alicyclic amines) is 2. The molecule has 2 aromatic carbocycles. The third kappa shape index (κ3) is 15.4. The first-order chi connectivity index (χ1) is 37.6. The van der Waals surface area contributed by atoms with E-state index < -0.39 is 33.5 Å². The zero-order valence-electron chi connectivity index (χ0n) is 52.0. The third-order valence-corrected chi connectivity index (χ3v) is 21.1. The minimum atomic E-state index is -1.32. The van der Waals surface area contributed by atoms with E-state index in [9.17, 15) is 14.7 Å². The lowest BCUT2D eigenvalue weighted by atomic mass is 9.75. The van der Waals surface area contributed by atoms with E-state index in [4.69, 9.17) is 24.2 Å². The van der Waals surface area contributed by atoms with Crippen LogP contribution in [0.2, 0.25) is 51.4 Å². The molecule has 2 aliphatic heterocycles. The van der Waals surface area contributed by atoms with Crippen molar-refractivity contribution in [1.29, 1.82) is 0 Å². The summed E-state index contributed by atoms with van der Waals surface area (Å²) < 4.78 is 23.0. The van der Waals surface area contributed by atoms with E-state index in [0.717, 1.165) is 134 Å². The fourth-order valence-electron chi connectivity index (χ4n) is 13.0. The summed E-state index contributed by atoms with van der Waals surface area (Å²) >= 11 is 0. The number of aliphatic hydroxyl groups excluding tert-OH is 1. The van der Waals surface area contributed by atoms with Crippen LogP contribution in [0.5, 0.6) is 0 Å². The average Bonchev–Trinajstić information content (AvgIpc) is 4.14. The molecule has 12 nitrogen and oxygen atoms in total. The second-order valence-corrected chi connectivity index (χ2v) is 40.3. The summed E-state index contributed by atoms with van der Waals surface area (Å²) in [6.45, 7) is 35.7. The van der Waals surface area contributed by atoms with Crippen molar-refractivity contribution in [1.82, 2.24) is 28.9 Å². The average molecular weight is 1130 g/mol. The molecule has 0 radical (unpaired) electrons. The summed E-state index contributed by atoms with van der Waals surface area (Å²) in [6, 6.07) is 15.1. The predicted molar refractivity (Wildman–Crippen MR) is 332 cm³/mol. The normalized spacial score (nSPS) is 24.6. The molecule has 2 aliphatic carbocycles. The highest BCUT2D eigenvalue weighted by atomic mass is 28.3. The highest BCUT2D eigenvalue weighted by Gasteiger charge is 2.44.